The molecule has 0 amide bonds. The van der Waals surface area contributed by atoms with Crippen LogP contribution in [-0.2, 0) is 16.1 Å². The van der Waals surface area contributed by atoms with Crippen molar-refractivity contribution in [3.8, 4) is 0 Å². The molecule has 0 bridgehead atoms. The molecule has 0 saturated carbocycles. The Labute approximate surface area is 109 Å². The SMILES string of the molecule is COC(=O)C1CCCN(Cc2ccc(Br)o2)C1. The maximum Gasteiger partial charge on any atom is 0.309 e. The van der Waals surface area contributed by atoms with Crippen LogP contribution in [0.25, 0.3) is 0 Å². The van der Waals surface area contributed by atoms with E-state index in [-0.39, 0.29) is 11.9 Å². The fraction of sp³-hybridized carbons (Fsp3) is 0.583. The van der Waals surface area contributed by atoms with Gasteiger partial charge < -0.3 is 9.15 Å². The molecular weight excluding hydrogens is 286 g/mol. The number of methoxy groups -OCH3 is 1. The minimum Gasteiger partial charge on any atom is -0.469 e. The summed E-state index contributed by atoms with van der Waals surface area (Å²) in [5, 5.41) is 0. The molecule has 17 heavy (non-hydrogen) atoms. The van der Waals surface area contributed by atoms with E-state index in [1.807, 2.05) is 12.1 Å². The summed E-state index contributed by atoms with van der Waals surface area (Å²) in [6.07, 6.45) is 1.95. The summed E-state index contributed by atoms with van der Waals surface area (Å²) in [7, 11) is 1.45. The van der Waals surface area contributed by atoms with Crippen LogP contribution in [-0.4, -0.2) is 31.1 Å². The zero-order valence-electron chi connectivity index (χ0n) is 9.82. The summed E-state index contributed by atoms with van der Waals surface area (Å²) in [5.74, 6) is 0.824. The average molecular weight is 302 g/mol. The van der Waals surface area contributed by atoms with E-state index in [2.05, 4.69) is 20.8 Å². The highest BCUT2D eigenvalue weighted by Gasteiger charge is 2.26. The lowest BCUT2D eigenvalue weighted by molar-refractivity contribution is -0.147. The summed E-state index contributed by atoms with van der Waals surface area (Å²) in [4.78, 5) is 13.7. The number of ether oxygens (including phenoxy) is 1. The first-order valence-corrected chi connectivity index (χ1v) is 6.52. The second-order valence-electron chi connectivity index (χ2n) is 4.30. The molecule has 0 spiro atoms. The third-order valence-corrected chi connectivity index (χ3v) is 3.47. The van der Waals surface area contributed by atoms with Crippen LogP contribution in [0, 0.1) is 5.92 Å². The van der Waals surface area contributed by atoms with Gasteiger partial charge in [0.05, 0.1) is 19.6 Å². The lowest BCUT2D eigenvalue weighted by atomic mass is 9.98. The summed E-state index contributed by atoms with van der Waals surface area (Å²) < 4.78 is 11.0. The predicted molar refractivity (Wildman–Crippen MR) is 66.4 cm³/mol. The van der Waals surface area contributed by atoms with E-state index in [1.165, 1.54) is 7.11 Å². The van der Waals surface area contributed by atoms with Crippen LogP contribution in [0.2, 0.25) is 0 Å². The second-order valence-corrected chi connectivity index (χ2v) is 5.08. The quantitative estimate of drug-likeness (QED) is 0.804. The molecule has 1 aliphatic heterocycles. The third-order valence-electron chi connectivity index (χ3n) is 3.05. The number of carbonyl (C=O) groups is 1. The van der Waals surface area contributed by atoms with Crippen molar-refractivity contribution in [1.82, 2.24) is 4.90 Å². The number of rotatable bonds is 3. The van der Waals surface area contributed by atoms with E-state index in [0.717, 1.165) is 42.9 Å². The van der Waals surface area contributed by atoms with Crippen LogP contribution in [0.15, 0.2) is 21.2 Å². The molecule has 94 valence electrons. The zero-order valence-corrected chi connectivity index (χ0v) is 11.4. The van der Waals surface area contributed by atoms with Gasteiger partial charge >= 0.3 is 5.97 Å². The molecular formula is C12H16BrNO3. The molecule has 4 nitrogen and oxygen atoms in total. The number of furan rings is 1. The molecule has 0 radical (unpaired) electrons. The number of likely N-dealkylation sites (tertiary alicyclic amines) is 1. The van der Waals surface area contributed by atoms with Crippen LogP contribution in [0.1, 0.15) is 18.6 Å². The van der Waals surface area contributed by atoms with Gasteiger partial charge in [-0.05, 0) is 47.4 Å². The van der Waals surface area contributed by atoms with Gasteiger partial charge in [-0.25, -0.2) is 0 Å². The maximum atomic E-state index is 11.5. The molecule has 1 aromatic heterocycles. The Hall–Kier alpha value is -0.810. The number of carbonyl (C=O) groups excluding carboxylic acids is 1. The molecule has 2 heterocycles. The van der Waals surface area contributed by atoms with Crippen LogP contribution in [0.5, 0.6) is 0 Å². The van der Waals surface area contributed by atoms with Crippen molar-refractivity contribution >= 4 is 21.9 Å². The largest absolute Gasteiger partial charge is 0.469 e. The van der Waals surface area contributed by atoms with E-state index in [1.54, 1.807) is 0 Å². The molecule has 1 aromatic rings. The fourth-order valence-electron chi connectivity index (χ4n) is 2.22. The van der Waals surface area contributed by atoms with Gasteiger partial charge in [0.25, 0.3) is 0 Å². The smallest absolute Gasteiger partial charge is 0.309 e. The average Bonchev–Trinajstić information content (AvgIpc) is 2.74. The van der Waals surface area contributed by atoms with E-state index in [9.17, 15) is 4.79 Å². The first kappa shape index (κ1) is 12.6. The first-order valence-electron chi connectivity index (χ1n) is 5.73. The molecule has 1 saturated heterocycles. The number of hydrogen-bond donors (Lipinski definition) is 0. The molecule has 1 fully saturated rings. The molecule has 1 atom stereocenters. The van der Waals surface area contributed by atoms with Crippen molar-refractivity contribution in [3.63, 3.8) is 0 Å². The highest BCUT2D eigenvalue weighted by Crippen LogP contribution is 2.21. The van der Waals surface area contributed by atoms with Crippen molar-refractivity contribution in [3.05, 3.63) is 22.6 Å². The Balaban J connectivity index is 1.91. The third kappa shape index (κ3) is 3.33. The summed E-state index contributed by atoms with van der Waals surface area (Å²) in [5.41, 5.74) is 0. The van der Waals surface area contributed by atoms with Crippen LogP contribution in [0.3, 0.4) is 0 Å². The van der Waals surface area contributed by atoms with Crippen molar-refractivity contribution in [2.45, 2.75) is 19.4 Å². The highest BCUT2D eigenvalue weighted by atomic mass is 79.9. The van der Waals surface area contributed by atoms with E-state index >= 15 is 0 Å². The Bertz CT molecular complexity index is 391. The van der Waals surface area contributed by atoms with Gasteiger partial charge in [-0.15, -0.1) is 0 Å². The second kappa shape index (κ2) is 5.69. The Morgan fingerprint density at radius 3 is 3.12 bits per heavy atom. The van der Waals surface area contributed by atoms with Crippen molar-refractivity contribution in [2.75, 3.05) is 20.2 Å². The van der Waals surface area contributed by atoms with Gasteiger partial charge in [-0.2, -0.15) is 0 Å². The minimum atomic E-state index is -0.102. The van der Waals surface area contributed by atoms with Gasteiger partial charge in [0.2, 0.25) is 0 Å². The van der Waals surface area contributed by atoms with Crippen molar-refractivity contribution < 1.29 is 13.9 Å². The van der Waals surface area contributed by atoms with E-state index in [4.69, 9.17) is 9.15 Å². The molecule has 2 rings (SSSR count). The van der Waals surface area contributed by atoms with Crippen molar-refractivity contribution in [2.24, 2.45) is 5.92 Å². The van der Waals surface area contributed by atoms with Gasteiger partial charge in [0.15, 0.2) is 4.67 Å². The number of piperidine rings is 1. The minimum absolute atomic E-state index is 0.00662. The standard InChI is InChI=1S/C12H16BrNO3/c1-16-12(15)9-3-2-6-14(7-9)8-10-4-5-11(13)17-10/h4-5,9H,2-3,6-8H2,1H3. The Kier molecular flexibility index (Phi) is 4.23. The van der Waals surface area contributed by atoms with Gasteiger partial charge in [-0.3, -0.25) is 9.69 Å². The monoisotopic (exact) mass is 301 g/mol. The lowest BCUT2D eigenvalue weighted by Gasteiger charge is -2.30. The Morgan fingerprint density at radius 2 is 2.47 bits per heavy atom. The van der Waals surface area contributed by atoms with Crippen LogP contribution in [0.4, 0.5) is 0 Å². The van der Waals surface area contributed by atoms with Gasteiger partial charge in [0.1, 0.15) is 5.76 Å². The highest BCUT2D eigenvalue weighted by molar-refractivity contribution is 9.10. The lowest BCUT2D eigenvalue weighted by Crippen LogP contribution is -2.38. The summed E-state index contributed by atoms with van der Waals surface area (Å²) in [6.45, 7) is 2.51. The Morgan fingerprint density at radius 1 is 1.65 bits per heavy atom. The molecule has 1 aliphatic rings. The molecule has 0 N–H and O–H groups in total. The number of halogens is 1. The van der Waals surface area contributed by atoms with Crippen molar-refractivity contribution in [1.29, 1.82) is 0 Å². The first-order chi connectivity index (χ1) is 8.19. The summed E-state index contributed by atoms with van der Waals surface area (Å²) in [6, 6.07) is 3.84. The normalized spacial score (nSPS) is 21.4. The molecule has 0 aliphatic carbocycles. The number of nitrogens with zero attached hydrogens (tertiary/aromatic N) is 1. The topological polar surface area (TPSA) is 42.7 Å². The summed E-state index contributed by atoms with van der Waals surface area (Å²) >= 11 is 3.28. The predicted octanol–water partition coefficient (Wildman–Crippen LogP) is 2.43. The zero-order chi connectivity index (χ0) is 12.3. The van der Waals surface area contributed by atoms with Gasteiger partial charge in [-0.1, -0.05) is 0 Å². The maximum absolute atomic E-state index is 11.5. The fourth-order valence-corrected chi connectivity index (χ4v) is 2.56. The molecule has 1 unspecified atom stereocenters. The number of esters is 1. The van der Waals surface area contributed by atoms with E-state index < -0.39 is 0 Å². The number of hydrogen-bond acceptors (Lipinski definition) is 4. The van der Waals surface area contributed by atoms with Crippen LogP contribution >= 0.6 is 15.9 Å². The van der Waals surface area contributed by atoms with Gasteiger partial charge in [0, 0.05) is 6.54 Å². The molecule has 0 aromatic carbocycles. The van der Waals surface area contributed by atoms with Crippen LogP contribution < -0.4 is 0 Å². The van der Waals surface area contributed by atoms with E-state index in [0.29, 0.717) is 0 Å². The molecule has 5 heteroatoms.